The topological polar surface area (TPSA) is 27.6 Å². The molecule has 1 saturated heterocycles. The number of amidine groups is 1. The molecule has 0 aromatic heterocycles. The summed E-state index contributed by atoms with van der Waals surface area (Å²) < 4.78 is 0. The molecule has 17 heavy (non-hydrogen) atoms. The van der Waals surface area contributed by atoms with Gasteiger partial charge in [-0.3, -0.25) is 4.99 Å². The normalized spacial score (nSPS) is 34.1. The van der Waals surface area contributed by atoms with Gasteiger partial charge in [-0.15, -0.1) is 0 Å². The van der Waals surface area contributed by atoms with E-state index in [1.807, 2.05) is 11.8 Å². The third-order valence-electron chi connectivity index (χ3n) is 4.18. The summed E-state index contributed by atoms with van der Waals surface area (Å²) in [7, 11) is 0. The van der Waals surface area contributed by atoms with Gasteiger partial charge in [-0.05, 0) is 44.2 Å². The molecule has 2 heterocycles. The monoisotopic (exact) mass is 253 g/mol. The Morgan fingerprint density at radius 1 is 1.41 bits per heavy atom. The Morgan fingerprint density at radius 3 is 3.00 bits per heavy atom. The largest absolute Gasteiger partial charge is 0.365 e. The maximum absolute atomic E-state index is 4.63. The summed E-state index contributed by atoms with van der Waals surface area (Å²) in [6.45, 7) is 8.20. The fraction of sp³-hybridized carbons (Fsp3) is 0.923. The van der Waals surface area contributed by atoms with Crippen LogP contribution in [-0.4, -0.2) is 48.0 Å². The van der Waals surface area contributed by atoms with Gasteiger partial charge < -0.3 is 10.2 Å². The van der Waals surface area contributed by atoms with E-state index < -0.39 is 0 Å². The molecule has 0 aromatic carbocycles. The average molecular weight is 253 g/mol. The highest BCUT2D eigenvalue weighted by molar-refractivity contribution is 8.14. The summed E-state index contributed by atoms with van der Waals surface area (Å²) in [6, 6.07) is 0. The van der Waals surface area contributed by atoms with E-state index in [1.54, 1.807) is 0 Å². The van der Waals surface area contributed by atoms with Gasteiger partial charge in [0.05, 0.1) is 6.54 Å². The van der Waals surface area contributed by atoms with Gasteiger partial charge >= 0.3 is 0 Å². The second-order valence-electron chi connectivity index (χ2n) is 5.57. The first-order valence-corrected chi connectivity index (χ1v) is 7.90. The Balaban J connectivity index is 1.37. The molecule has 1 aliphatic carbocycles. The summed E-state index contributed by atoms with van der Waals surface area (Å²) in [5.41, 5.74) is 0. The van der Waals surface area contributed by atoms with Crippen molar-refractivity contribution in [3.05, 3.63) is 0 Å². The Hall–Kier alpha value is -0.220. The summed E-state index contributed by atoms with van der Waals surface area (Å²) in [5, 5.41) is 5.59. The van der Waals surface area contributed by atoms with Crippen LogP contribution in [0.25, 0.3) is 0 Å². The Labute approximate surface area is 108 Å². The molecular formula is C13H23N3S. The van der Waals surface area contributed by atoms with Crippen LogP contribution in [0.5, 0.6) is 0 Å². The molecule has 3 aliphatic rings. The van der Waals surface area contributed by atoms with E-state index in [-0.39, 0.29) is 0 Å². The zero-order valence-electron chi connectivity index (χ0n) is 10.7. The number of aliphatic imine (C=N–C) groups is 1. The van der Waals surface area contributed by atoms with Crippen LogP contribution in [0.1, 0.15) is 26.2 Å². The van der Waals surface area contributed by atoms with Gasteiger partial charge in [0.1, 0.15) is 0 Å². The number of likely N-dealkylation sites (tertiary alicyclic amines) is 1. The summed E-state index contributed by atoms with van der Waals surface area (Å²) >= 11 is 2.00. The molecule has 0 amide bonds. The maximum atomic E-state index is 4.63. The van der Waals surface area contributed by atoms with Gasteiger partial charge in [-0.25, -0.2) is 0 Å². The number of hydrogen-bond donors (Lipinski definition) is 1. The van der Waals surface area contributed by atoms with Gasteiger partial charge in [0, 0.05) is 18.3 Å². The van der Waals surface area contributed by atoms with E-state index in [4.69, 9.17) is 0 Å². The van der Waals surface area contributed by atoms with Gasteiger partial charge in [-0.2, -0.15) is 0 Å². The molecule has 96 valence electrons. The van der Waals surface area contributed by atoms with Crippen molar-refractivity contribution in [1.29, 1.82) is 0 Å². The van der Waals surface area contributed by atoms with Crippen molar-refractivity contribution in [1.82, 2.24) is 10.2 Å². The maximum Gasteiger partial charge on any atom is 0.156 e. The predicted octanol–water partition coefficient (Wildman–Crippen LogP) is 1.80. The Bertz CT molecular complexity index is 301. The lowest BCUT2D eigenvalue weighted by atomic mass is 10.1. The van der Waals surface area contributed by atoms with Crippen LogP contribution < -0.4 is 5.32 Å². The van der Waals surface area contributed by atoms with Gasteiger partial charge in [0.15, 0.2) is 5.17 Å². The van der Waals surface area contributed by atoms with Crippen molar-refractivity contribution in [3.8, 4) is 0 Å². The van der Waals surface area contributed by atoms with E-state index >= 15 is 0 Å². The molecule has 3 rings (SSSR count). The van der Waals surface area contributed by atoms with Crippen molar-refractivity contribution in [2.45, 2.75) is 31.4 Å². The first-order valence-electron chi connectivity index (χ1n) is 7.02. The van der Waals surface area contributed by atoms with E-state index in [2.05, 4.69) is 22.1 Å². The SMILES string of the molecule is CCN1CCC(CNC2=NCC(C3CC3)S2)C1. The molecule has 2 fully saturated rings. The third kappa shape index (κ3) is 2.97. The van der Waals surface area contributed by atoms with Crippen LogP contribution in [0.2, 0.25) is 0 Å². The minimum atomic E-state index is 0.799. The lowest BCUT2D eigenvalue weighted by molar-refractivity contribution is 0.342. The van der Waals surface area contributed by atoms with E-state index in [1.165, 1.54) is 44.1 Å². The second kappa shape index (κ2) is 5.19. The molecule has 1 saturated carbocycles. The van der Waals surface area contributed by atoms with Crippen LogP contribution >= 0.6 is 11.8 Å². The molecule has 2 atom stereocenters. The minimum absolute atomic E-state index is 0.799. The lowest BCUT2D eigenvalue weighted by Crippen LogP contribution is -2.29. The van der Waals surface area contributed by atoms with Crippen LogP contribution in [0.15, 0.2) is 4.99 Å². The summed E-state index contributed by atoms with van der Waals surface area (Å²) in [4.78, 5) is 7.18. The van der Waals surface area contributed by atoms with Crippen molar-refractivity contribution in [3.63, 3.8) is 0 Å². The minimum Gasteiger partial charge on any atom is -0.365 e. The molecule has 4 heteroatoms. The zero-order chi connectivity index (χ0) is 11.7. The number of thioether (sulfide) groups is 1. The molecule has 0 radical (unpaired) electrons. The number of hydrogen-bond acceptors (Lipinski definition) is 4. The van der Waals surface area contributed by atoms with Gasteiger partial charge in [0.25, 0.3) is 0 Å². The molecule has 2 aliphatic heterocycles. The highest BCUT2D eigenvalue weighted by Gasteiger charge is 2.35. The highest BCUT2D eigenvalue weighted by Crippen LogP contribution is 2.41. The summed E-state index contributed by atoms with van der Waals surface area (Å²) in [6.07, 6.45) is 4.23. The zero-order valence-corrected chi connectivity index (χ0v) is 11.5. The second-order valence-corrected chi connectivity index (χ2v) is 6.80. The van der Waals surface area contributed by atoms with Gasteiger partial charge in [0.2, 0.25) is 0 Å². The molecule has 0 aromatic rings. The van der Waals surface area contributed by atoms with E-state index in [0.717, 1.165) is 30.2 Å². The first-order chi connectivity index (χ1) is 8.35. The molecule has 0 spiro atoms. The fourth-order valence-electron chi connectivity index (χ4n) is 2.80. The lowest BCUT2D eigenvalue weighted by Gasteiger charge is -2.14. The number of rotatable bonds is 4. The van der Waals surface area contributed by atoms with Crippen LogP contribution in [0.3, 0.4) is 0 Å². The third-order valence-corrected chi connectivity index (χ3v) is 5.52. The van der Waals surface area contributed by atoms with E-state index in [0.29, 0.717) is 0 Å². The molecule has 1 N–H and O–H groups in total. The average Bonchev–Trinajstić information content (AvgIpc) is 2.93. The molecule has 2 unspecified atom stereocenters. The first kappa shape index (κ1) is 11.8. The van der Waals surface area contributed by atoms with Crippen LogP contribution in [-0.2, 0) is 0 Å². The Morgan fingerprint density at radius 2 is 2.29 bits per heavy atom. The number of nitrogens with one attached hydrogen (secondary N) is 1. The van der Waals surface area contributed by atoms with Gasteiger partial charge in [-0.1, -0.05) is 18.7 Å². The van der Waals surface area contributed by atoms with E-state index in [9.17, 15) is 0 Å². The predicted molar refractivity (Wildman–Crippen MR) is 74.6 cm³/mol. The number of nitrogens with zero attached hydrogens (tertiary/aromatic N) is 2. The van der Waals surface area contributed by atoms with Crippen molar-refractivity contribution in [2.24, 2.45) is 16.8 Å². The van der Waals surface area contributed by atoms with Crippen molar-refractivity contribution < 1.29 is 0 Å². The molecule has 0 bridgehead atoms. The van der Waals surface area contributed by atoms with Crippen LogP contribution in [0, 0.1) is 11.8 Å². The van der Waals surface area contributed by atoms with Crippen LogP contribution in [0.4, 0.5) is 0 Å². The molecule has 3 nitrogen and oxygen atoms in total. The highest BCUT2D eigenvalue weighted by atomic mass is 32.2. The van der Waals surface area contributed by atoms with Crippen molar-refractivity contribution in [2.75, 3.05) is 32.7 Å². The smallest absolute Gasteiger partial charge is 0.156 e. The summed E-state index contributed by atoms with van der Waals surface area (Å²) in [5.74, 6) is 1.81. The quantitative estimate of drug-likeness (QED) is 0.828. The fourth-order valence-corrected chi connectivity index (χ4v) is 4.02. The molecular weight excluding hydrogens is 230 g/mol. The Kier molecular flexibility index (Phi) is 3.61. The van der Waals surface area contributed by atoms with Crippen molar-refractivity contribution >= 4 is 16.9 Å². The standard InChI is InChI=1S/C13H23N3S/c1-2-16-6-5-10(9-16)7-14-13-15-8-12(17-13)11-3-4-11/h10-12H,2-9H2,1H3,(H,14,15).